The van der Waals surface area contributed by atoms with Gasteiger partial charge in [-0.25, -0.2) is 0 Å². The Kier molecular flexibility index (Phi) is 51.5. The van der Waals surface area contributed by atoms with Gasteiger partial charge in [0.05, 0.1) is 0 Å². The first-order valence-corrected chi connectivity index (χ1v) is 29.8. The van der Waals surface area contributed by atoms with Gasteiger partial charge in [-0.15, -0.1) is 0 Å². The van der Waals surface area contributed by atoms with Crippen molar-refractivity contribution in [3.8, 4) is 0 Å². The first kappa shape index (κ1) is 64.4. The summed E-state index contributed by atoms with van der Waals surface area (Å²) in [5, 5.41) is 0. The first-order chi connectivity index (χ1) is 32.3. The lowest BCUT2D eigenvalue weighted by atomic mass is 9.99. The maximum atomic E-state index is 12.9. The minimum Gasteiger partial charge on any atom is -0.462 e. The molecular formula is C60H116O6. The van der Waals surface area contributed by atoms with Crippen molar-refractivity contribution in [3.63, 3.8) is 0 Å². The molecular weight excluding hydrogens is 817 g/mol. The molecule has 1 unspecified atom stereocenters. The Bertz CT molecular complexity index is 1010. The van der Waals surface area contributed by atoms with Crippen LogP contribution in [-0.4, -0.2) is 37.2 Å². The molecule has 0 fully saturated rings. The summed E-state index contributed by atoms with van der Waals surface area (Å²) in [5.74, 6) is 0.862. The molecule has 0 aromatic heterocycles. The molecule has 0 amide bonds. The van der Waals surface area contributed by atoms with Crippen molar-refractivity contribution in [2.75, 3.05) is 13.2 Å². The maximum Gasteiger partial charge on any atom is 0.306 e. The van der Waals surface area contributed by atoms with E-state index in [1.54, 1.807) is 0 Å². The molecule has 0 bridgehead atoms. The summed E-state index contributed by atoms with van der Waals surface area (Å²) < 4.78 is 16.9. The lowest BCUT2D eigenvalue weighted by Gasteiger charge is -2.18. The summed E-state index contributed by atoms with van der Waals surface area (Å²) in [7, 11) is 0. The van der Waals surface area contributed by atoms with E-state index in [4.69, 9.17) is 14.2 Å². The van der Waals surface area contributed by atoms with E-state index < -0.39 is 6.10 Å². The number of unbranched alkanes of at least 4 members (excludes halogenated alkanes) is 38. The van der Waals surface area contributed by atoms with Gasteiger partial charge < -0.3 is 14.2 Å². The number of carbonyl (C=O) groups excluding carboxylic acids is 3. The third-order valence-corrected chi connectivity index (χ3v) is 14.1. The smallest absolute Gasteiger partial charge is 0.306 e. The van der Waals surface area contributed by atoms with Gasteiger partial charge in [0.2, 0.25) is 0 Å². The number of hydrogen-bond acceptors (Lipinski definition) is 6. The summed E-state index contributed by atoms with van der Waals surface area (Å²) >= 11 is 0. The van der Waals surface area contributed by atoms with Gasteiger partial charge in [-0.2, -0.15) is 0 Å². The highest BCUT2D eigenvalue weighted by Crippen LogP contribution is 2.19. The predicted octanol–water partition coefficient (Wildman–Crippen LogP) is 19.7. The molecule has 6 heteroatoms. The average Bonchev–Trinajstić information content (AvgIpc) is 3.30. The Labute approximate surface area is 412 Å². The molecule has 0 aliphatic carbocycles. The van der Waals surface area contributed by atoms with Crippen molar-refractivity contribution in [3.05, 3.63) is 0 Å². The zero-order valence-corrected chi connectivity index (χ0v) is 45.3. The molecule has 0 saturated heterocycles. The second-order valence-electron chi connectivity index (χ2n) is 21.4. The van der Waals surface area contributed by atoms with Crippen molar-refractivity contribution in [2.24, 2.45) is 11.8 Å². The van der Waals surface area contributed by atoms with Crippen LogP contribution in [0.2, 0.25) is 0 Å². The summed E-state index contributed by atoms with van der Waals surface area (Å²) in [6.07, 6.45) is 56.6. The van der Waals surface area contributed by atoms with E-state index >= 15 is 0 Å². The van der Waals surface area contributed by atoms with Gasteiger partial charge in [0.25, 0.3) is 0 Å². The molecule has 6 nitrogen and oxygen atoms in total. The van der Waals surface area contributed by atoms with E-state index in [0.29, 0.717) is 19.3 Å². The van der Waals surface area contributed by atoms with E-state index in [9.17, 15) is 14.4 Å². The van der Waals surface area contributed by atoms with Gasteiger partial charge in [0.1, 0.15) is 13.2 Å². The first-order valence-electron chi connectivity index (χ1n) is 29.8. The van der Waals surface area contributed by atoms with E-state index in [1.807, 2.05) is 0 Å². The van der Waals surface area contributed by atoms with Crippen LogP contribution in [0.25, 0.3) is 0 Å². The standard InChI is InChI=1S/C60H116O6/c1-6-8-9-10-11-12-13-14-15-16-21-24-27-30-37-42-47-52-60(63)66-57(54-65-59(62)51-46-41-36-32-31-34-39-44-49-56(5)7-2)53-64-58(61)50-45-40-35-29-26-23-20-18-17-19-22-25-28-33-38-43-48-55(3)4/h55-57H,6-54H2,1-5H3/t56?,57-/m0/s1. The van der Waals surface area contributed by atoms with Crippen LogP contribution in [0.3, 0.4) is 0 Å². The normalized spacial score (nSPS) is 12.5. The largest absolute Gasteiger partial charge is 0.462 e. The Morgan fingerprint density at radius 3 is 0.864 bits per heavy atom. The summed E-state index contributed by atoms with van der Waals surface area (Å²) in [6, 6.07) is 0. The van der Waals surface area contributed by atoms with Crippen molar-refractivity contribution >= 4 is 17.9 Å². The third kappa shape index (κ3) is 51.8. The molecule has 0 N–H and O–H groups in total. The molecule has 0 heterocycles. The second kappa shape index (κ2) is 52.8. The molecule has 66 heavy (non-hydrogen) atoms. The van der Waals surface area contributed by atoms with Gasteiger partial charge in [0, 0.05) is 19.3 Å². The van der Waals surface area contributed by atoms with Gasteiger partial charge >= 0.3 is 17.9 Å². The minimum atomic E-state index is -0.763. The SMILES string of the molecule is CCCCCCCCCCCCCCCCCCCC(=O)O[C@@H](COC(=O)CCCCCCCCCCCCCCCCCCC(C)C)COC(=O)CCCCCCCCCCC(C)CC. The monoisotopic (exact) mass is 933 g/mol. The number of carbonyl (C=O) groups is 3. The number of hydrogen-bond donors (Lipinski definition) is 0. The van der Waals surface area contributed by atoms with E-state index in [1.165, 1.54) is 225 Å². The van der Waals surface area contributed by atoms with Crippen molar-refractivity contribution in [2.45, 2.75) is 343 Å². The fraction of sp³-hybridized carbons (Fsp3) is 0.950. The highest BCUT2D eigenvalue weighted by molar-refractivity contribution is 5.71. The van der Waals surface area contributed by atoms with Crippen molar-refractivity contribution < 1.29 is 28.6 Å². The van der Waals surface area contributed by atoms with E-state index in [0.717, 1.165) is 69.6 Å². The van der Waals surface area contributed by atoms with Crippen LogP contribution >= 0.6 is 0 Å². The fourth-order valence-corrected chi connectivity index (χ4v) is 9.20. The fourth-order valence-electron chi connectivity index (χ4n) is 9.20. The second-order valence-corrected chi connectivity index (χ2v) is 21.4. The highest BCUT2D eigenvalue weighted by atomic mass is 16.6. The Balaban J connectivity index is 4.27. The number of ether oxygens (including phenoxy) is 3. The molecule has 392 valence electrons. The van der Waals surface area contributed by atoms with Crippen LogP contribution in [0.15, 0.2) is 0 Å². The van der Waals surface area contributed by atoms with Crippen LogP contribution in [-0.2, 0) is 28.6 Å². The zero-order valence-electron chi connectivity index (χ0n) is 45.3. The molecule has 0 aliphatic heterocycles. The highest BCUT2D eigenvalue weighted by Gasteiger charge is 2.19. The van der Waals surface area contributed by atoms with Gasteiger partial charge in [-0.1, -0.05) is 298 Å². The summed E-state index contributed by atoms with van der Waals surface area (Å²) in [6.45, 7) is 11.4. The number of rotatable bonds is 54. The van der Waals surface area contributed by atoms with Crippen LogP contribution in [0.1, 0.15) is 336 Å². The number of esters is 3. The van der Waals surface area contributed by atoms with Gasteiger partial charge in [-0.05, 0) is 31.1 Å². The van der Waals surface area contributed by atoms with Crippen LogP contribution in [0, 0.1) is 11.8 Å². The van der Waals surface area contributed by atoms with Crippen LogP contribution in [0.5, 0.6) is 0 Å². The Morgan fingerprint density at radius 2 is 0.576 bits per heavy atom. The lowest BCUT2D eigenvalue weighted by molar-refractivity contribution is -0.167. The third-order valence-electron chi connectivity index (χ3n) is 14.1. The molecule has 0 rings (SSSR count). The van der Waals surface area contributed by atoms with Crippen LogP contribution < -0.4 is 0 Å². The zero-order chi connectivity index (χ0) is 48.2. The maximum absolute atomic E-state index is 12.9. The molecule has 0 saturated carbocycles. The summed E-state index contributed by atoms with van der Waals surface area (Å²) in [5.41, 5.74) is 0. The molecule has 0 spiro atoms. The van der Waals surface area contributed by atoms with Crippen LogP contribution in [0.4, 0.5) is 0 Å². The van der Waals surface area contributed by atoms with Gasteiger partial charge in [-0.3, -0.25) is 14.4 Å². The van der Waals surface area contributed by atoms with Gasteiger partial charge in [0.15, 0.2) is 6.10 Å². The topological polar surface area (TPSA) is 78.9 Å². The molecule has 0 aliphatic rings. The molecule has 0 aromatic carbocycles. The van der Waals surface area contributed by atoms with E-state index in [2.05, 4.69) is 34.6 Å². The minimum absolute atomic E-state index is 0.0628. The predicted molar refractivity (Wildman–Crippen MR) is 284 cm³/mol. The quantitative estimate of drug-likeness (QED) is 0.0343. The summed E-state index contributed by atoms with van der Waals surface area (Å²) in [4.78, 5) is 38.2. The van der Waals surface area contributed by atoms with Crippen molar-refractivity contribution in [1.29, 1.82) is 0 Å². The van der Waals surface area contributed by atoms with E-state index in [-0.39, 0.29) is 31.1 Å². The molecule has 2 atom stereocenters. The average molecular weight is 934 g/mol. The Morgan fingerprint density at radius 1 is 0.318 bits per heavy atom. The van der Waals surface area contributed by atoms with Crippen molar-refractivity contribution in [1.82, 2.24) is 0 Å². The molecule has 0 radical (unpaired) electrons. The molecule has 0 aromatic rings. The lowest BCUT2D eigenvalue weighted by Crippen LogP contribution is -2.30. The Hall–Kier alpha value is -1.59.